The number of aryl methyl sites for hydroxylation is 1. The summed E-state index contributed by atoms with van der Waals surface area (Å²) >= 11 is 0. The molecule has 0 aliphatic heterocycles. The summed E-state index contributed by atoms with van der Waals surface area (Å²) < 4.78 is 37.6. The van der Waals surface area contributed by atoms with Crippen LogP contribution in [0.2, 0.25) is 0 Å². The summed E-state index contributed by atoms with van der Waals surface area (Å²) in [5, 5.41) is 0. The average Bonchev–Trinajstić information content (AvgIpc) is 2.45. The Morgan fingerprint density at radius 3 is 2.73 bits per heavy atom. The second-order valence-electron chi connectivity index (χ2n) is 4.03. The lowest BCUT2D eigenvalue weighted by atomic mass is 9.92. The third-order valence-corrected chi connectivity index (χ3v) is 2.72. The van der Waals surface area contributed by atoms with Crippen LogP contribution < -0.4 is 5.73 Å². The Balaban J connectivity index is 2.22. The molecule has 84 valence electrons. The predicted octanol–water partition coefficient (Wildman–Crippen LogP) is 2.39. The largest absolute Gasteiger partial charge is 0.406 e. The lowest BCUT2D eigenvalue weighted by Gasteiger charge is -2.17. The fourth-order valence-electron chi connectivity index (χ4n) is 2.08. The Morgan fingerprint density at radius 1 is 1.40 bits per heavy atom. The number of rotatable bonds is 1. The van der Waals surface area contributed by atoms with Crippen LogP contribution in [0, 0.1) is 0 Å². The average molecular weight is 218 g/mol. The van der Waals surface area contributed by atoms with E-state index in [9.17, 15) is 13.2 Å². The molecule has 2 rings (SSSR count). The molecule has 0 saturated carbocycles. The van der Waals surface area contributed by atoms with Crippen molar-refractivity contribution in [2.45, 2.75) is 38.0 Å². The van der Waals surface area contributed by atoms with Gasteiger partial charge in [-0.2, -0.15) is 13.2 Å². The maximum Gasteiger partial charge on any atom is 0.406 e. The summed E-state index contributed by atoms with van der Waals surface area (Å²) in [5.41, 5.74) is 7.68. The Kier molecular flexibility index (Phi) is 2.50. The molecule has 1 atom stereocenters. The maximum atomic E-state index is 12.2. The second-order valence-corrected chi connectivity index (χ2v) is 4.03. The van der Waals surface area contributed by atoms with Gasteiger partial charge in [-0.05, 0) is 30.4 Å². The summed E-state index contributed by atoms with van der Waals surface area (Å²) in [7, 11) is 0. The number of alkyl halides is 3. The Hall–Kier alpha value is -0.970. The number of hydrogen-bond donors (Lipinski definition) is 1. The highest BCUT2D eigenvalue weighted by atomic mass is 19.4. The van der Waals surface area contributed by atoms with Crippen molar-refractivity contribution in [1.82, 2.24) is 4.57 Å². The number of nitrogens with zero attached hydrogens (tertiary/aromatic N) is 1. The molecule has 1 aliphatic rings. The van der Waals surface area contributed by atoms with Gasteiger partial charge in [-0.3, -0.25) is 0 Å². The van der Waals surface area contributed by atoms with E-state index in [0.29, 0.717) is 0 Å². The van der Waals surface area contributed by atoms with E-state index in [-0.39, 0.29) is 6.04 Å². The van der Waals surface area contributed by atoms with E-state index in [4.69, 9.17) is 5.73 Å². The van der Waals surface area contributed by atoms with Crippen molar-refractivity contribution in [3.8, 4) is 0 Å². The first-order valence-electron chi connectivity index (χ1n) is 4.96. The summed E-state index contributed by atoms with van der Waals surface area (Å²) in [6.07, 6.45) is 1.61. The molecule has 0 fully saturated rings. The molecule has 0 spiro atoms. The fourth-order valence-corrected chi connectivity index (χ4v) is 2.08. The third-order valence-electron chi connectivity index (χ3n) is 2.72. The third kappa shape index (κ3) is 2.34. The Morgan fingerprint density at radius 2 is 2.13 bits per heavy atom. The van der Waals surface area contributed by atoms with E-state index < -0.39 is 12.7 Å². The lowest BCUT2D eigenvalue weighted by Crippen LogP contribution is -2.16. The molecule has 2 N–H and O–H groups in total. The van der Waals surface area contributed by atoms with Gasteiger partial charge in [0.2, 0.25) is 0 Å². The molecule has 1 aliphatic carbocycles. The van der Waals surface area contributed by atoms with E-state index >= 15 is 0 Å². The minimum absolute atomic E-state index is 0.0942. The number of fused-ring (bicyclic) bond motifs is 1. The molecule has 0 saturated heterocycles. The maximum absolute atomic E-state index is 12.2. The topological polar surface area (TPSA) is 30.9 Å². The molecule has 1 unspecified atom stereocenters. The molecule has 0 bridgehead atoms. The highest BCUT2D eigenvalue weighted by Crippen LogP contribution is 2.29. The zero-order chi connectivity index (χ0) is 11.1. The molecule has 0 amide bonds. The van der Waals surface area contributed by atoms with Gasteiger partial charge >= 0.3 is 6.18 Å². The first-order valence-corrected chi connectivity index (χ1v) is 4.96. The van der Waals surface area contributed by atoms with Crippen LogP contribution in [0.5, 0.6) is 0 Å². The van der Waals surface area contributed by atoms with Crippen LogP contribution in [0.3, 0.4) is 0 Å². The van der Waals surface area contributed by atoms with Crippen LogP contribution in [-0.4, -0.2) is 10.7 Å². The van der Waals surface area contributed by atoms with E-state index in [1.54, 1.807) is 6.20 Å². The monoisotopic (exact) mass is 218 g/mol. The highest BCUT2D eigenvalue weighted by Gasteiger charge is 2.29. The van der Waals surface area contributed by atoms with Gasteiger partial charge < -0.3 is 10.3 Å². The van der Waals surface area contributed by atoms with Crippen molar-refractivity contribution < 1.29 is 13.2 Å². The van der Waals surface area contributed by atoms with Crippen molar-refractivity contribution in [3.05, 3.63) is 23.5 Å². The Bertz CT molecular complexity index is 354. The molecule has 0 radical (unpaired) electrons. The quantitative estimate of drug-likeness (QED) is 0.770. The molecule has 2 nitrogen and oxygen atoms in total. The molecule has 1 heterocycles. The van der Waals surface area contributed by atoms with Crippen molar-refractivity contribution >= 4 is 0 Å². The van der Waals surface area contributed by atoms with Gasteiger partial charge in [0.15, 0.2) is 0 Å². The first kappa shape index (κ1) is 10.5. The fraction of sp³-hybridized carbons (Fsp3) is 0.600. The van der Waals surface area contributed by atoms with Gasteiger partial charge in [0, 0.05) is 18.4 Å². The van der Waals surface area contributed by atoms with Crippen LogP contribution >= 0.6 is 0 Å². The number of halogens is 3. The van der Waals surface area contributed by atoms with Crippen LogP contribution in [0.15, 0.2) is 12.4 Å². The van der Waals surface area contributed by atoms with E-state index in [1.807, 2.05) is 0 Å². The van der Waals surface area contributed by atoms with Crippen molar-refractivity contribution in [2.75, 3.05) is 0 Å². The van der Waals surface area contributed by atoms with Gasteiger partial charge in [-0.25, -0.2) is 0 Å². The minimum atomic E-state index is -4.16. The van der Waals surface area contributed by atoms with Gasteiger partial charge in [0.05, 0.1) is 0 Å². The highest BCUT2D eigenvalue weighted by molar-refractivity contribution is 5.29. The van der Waals surface area contributed by atoms with Crippen LogP contribution in [0.25, 0.3) is 0 Å². The number of aromatic nitrogens is 1. The molecule has 0 aromatic carbocycles. The Labute approximate surface area is 85.9 Å². The summed E-state index contributed by atoms with van der Waals surface area (Å²) in [4.78, 5) is 0. The van der Waals surface area contributed by atoms with Gasteiger partial charge in [-0.15, -0.1) is 0 Å². The van der Waals surface area contributed by atoms with Crippen LogP contribution in [0.1, 0.15) is 30.0 Å². The van der Waals surface area contributed by atoms with E-state index in [1.165, 1.54) is 10.8 Å². The predicted molar refractivity (Wildman–Crippen MR) is 50.4 cm³/mol. The zero-order valence-corrected chi connectivity index (χ0v) is 8.22. The van der Waals surface area contributed by atoms with E-state index in [2.05, 4.69) is 0 Å². The molecule has 5 heteroatoms. The van der Waals surface area contributed by atoms with Gasteiger partial charge in [-0.1, -0.05) is 0 Å². The van der Waals surface area contributed by atoms with Crippen LogP contribution in [-0.2, 0) is 13.0 Å². The number of nitrogens with two attached hydrogens (primary N) is 1. The summed E-state index contributed by atoms with van der Waals surface area (Å²) in [5.74, 6) is 0. The van der Waals surface area contributed by atoms with Crippen molar-refractivity contribution in [2.24, 2.45) is 5.73 Å². The lowest BCUT2D eigenvalue weighted by molar-refractivity contribution is -0.140. The van der Waals surface area contributed by atoms with Crippen molar-refractivity contribution in [3.63, 3.8) is 0 Å². The first-order chi connectivity index (χ1) is 6.96. The van der Waals surface area contributed by atoms with E-state index in [0.717, 1.165) is 30.4 Å². The SMILES string of the molecule is NC1CCCc2cn(CC(F)(F)F)cc21. The second kappa shape index (κ2) is 3.56. The minimum Gasteiger partial charge on any atom is -0.345 e. The van der Waals surface area contributed by atoms with Crippen molar-refractivity contribution in [1.29, 1.82) is 0 Å². The normalized spacial score (nSPS) is 21.5. The molecular formula is C10H13F3N2. The summed E-state index contributed by atoms with van der Waals surface area (Å²) in [6, 6.07) is -0.0942. The van der Waals surface area contributed by atoms with Gasteiger partial charge in [0.25, 0.3) is 0 Å². The molecular weight excluding hydrogens is 205 g/mol. The van der Waals surface area contributed by atoms with Gasteiger partial charge in [0.1, 0.15) is 6.54 Å². The molecule has 15 heavy (non-hydrogen) atoms. The molecule has 1 aromatic rings. The molecule has 1 aromatic heterocycles. The standard InChI is InChI=1S/C10H13F3N2/c11-10(12,13)6-15-4-7-2-1-3-9(14)8(7)5-15/h4-5,9H,1-3,6,14H2. The zero-order valence-electron chi connectivity index (χ0n) is 8.22. The number of hydrogen-bond acceptors (Lipinski definition) is 1. The van der Waals surface area contributed by atoms with Crippen LogP contribution in [0.4, 0.5) is 13.2 Å². The summed E-state index contributed by atoms with van der Waals surface area (Å²) in [6.45, 7) is -0.924. The smallest absolute Gasteiger partial charge is 0.345 e.